The maximum absolute atomic E-state index is 12.3. The molecule has 0 unspecified atom stereocenters. The second-order valence-electron chi connectivity index (χ2n) is 6.99. The molecule has 7 nitrogen and oxygen atoms in total. The van der Waals surface area contributed by atoms with Crippen LogP contribution in [0.4, 0.5) is 0 Å². The molecule has 0 saturated carbocycles. The number of ether oxygens (including phenoxy) is 1. The monoisotopic (exact) mass is 401 g/mol. The molecule has 4 rings (SSSR count). The molecule has 2 heterocycles. The van der Waals surface area contributed by atoms with E-state index in [1.165, 1.54) is 0 Å². The third-order valence-corrected chi connectivity index (χ3v) is 4.73. The van der Waals surface area contributed by atoms with Gasteiger partial charge in [-0.05, 0) is 42.3 Å². The molecule has 0 radical (unpaired) electrons. The molecule has 0 atom stereocenters. The summed E-state index contributed by atoms with van der Waals surface area (Å²) in [6.07, 6.45) is 1.72. The van der Waals surface area contributed by atoms with E-state index in [1.807, 2.05) is 62.5 Å². The Morgan fingerprint density at radius 2 is 1.73 bits per heavy atom. The van der Waals surface area contributed by atoms with Gasteiger partial charge in [-0.15, -0.1) is 0 Å². The maximum atomic E-state index is 12.3. The smallest absolute Gasteiger partial charge is 0.272 e. The number of nitrogens with zero attached hydrogens (tertiary/aromatic N) is 4. The van der Waals surface area contributed by atoms with Gasteiger partial charge in [0, 0.05) is 13.2 Å². The van der Waals surface area contributed by atoms with E-state index in [4.69, 9.17) is 4.74 Å². The molecule has 1 N–H and O–H groups in total. The second-order valence-corrected chi connectivity index (χ2v) is 6.99. The lowest BCUT2D eigenvalue weighted by Gasteiger charge is -2.08. The zero-order valence-corrected chi connectivity index (χ0v) is 16.9. The Morgan fingerprint density at radius 1 is 1.00 bits per heavy atom. The lowest BCUT2D eigenvalue weighted by molar-refractivity contribution is 0.0943. The number of aromatic nitrogens is 4. The molecule has 0 bridgehead atoms. The highest BCUT2D eigenvalue weighted by molar-refractivity contribution is 5.92. The van der Waals surface area contributed by atoms with Crippen LogP contribution in [0, 0.1) is 6.92 Å². The van der Waals surface area contributed by atoms with E-state index in [0.717, 1.165) is 28.3 Å². The number of hydrogen-bond acceptors (Lipinski definition) is 4. The Hall–Kier alpha value is -3.87. The van der Waals surface area contributed by atoms with Gasteiger partial charge in [0.25, 0.3) is 5.91 Å². The van der Waals surface area contributed by atoms with Crippen molar-refractivity contribution in [1.82, 2.24) is 24.9 Å². The first-order chi connectivity index (χ1) is 14.6. The number of nitrogens with one attached hydrogen (secondary N) is 1. The summed E-state index contributed by atoms with van der Waals surface area (Å²) in [5.74, 6) is 0.502. The summed E-state index contributed by atoms with van der Waals surface area (Å²) in [5.41, 5.74) is 4.48. The van der Waals surface area contributed by atoms with Gasteiger partial charge in [0.2, 0.25) is 0 Å². The van der Waals surface area contributed by atoms with E-state index in [-0.39, 0.29) is 12.6 Å². The maximum Gasteiger partial charge on any atom is 0.272 e. The number of hydrogen-bond donors (Lipinski definition) is 1. The Balaban J connectivity index is 1.31. The van der Waals surface area contributed by atoms with Gasteiger partial charge in [-0.3, -0.25) is 9.48 Å². The van der Waals surface area contributed by atoms with Crippen LogP contribution in [0.25, 0.3) is 11.1 Å². The van der Waals surface area contributed by atoms with Gasteiger partial charge >= 0.3 is 0 Å². The van der Waals surface area contributed by atoms with Crippen LogP contribution in [0.15, 0.2) is 72.9 Å². The van der Waals surface area contributed by atoms with Crippen molar-refractivity contribution in [2.24, 2.45) is 7.05 Å². The largest absolute Gasteiger partial charge is 0.471 e. The number of amides is 1. The van der Waals surface area contributed by atoms with Gasteiger partial charge in [-0.1, -0.05) is 42.5 Å². The van der Waals surface area contributed by atoms with Crippen molar-refractivity contribution < 1.29 is 9.53 Å². The highest BCUT2D eigenvalue weighted by atomic mass is 16.5. The summed E-state index contributed by atoms with van der Waals surface area (Å²) in [5, 5.41) is 11.4. The van der Waals surface area contributed by atoms with E-state index in [1.54, 1.807) is 21.6 Å². The van der Waals surface area contributed by atoms with Crippen LogP contribution in [0.1, 0.15) is 21.9 Å². The average Bonchev–Trinajstić information content (AvgIpc) is 3.37. The highest BCUT2D eigenvalue weighted by Gasteiger charge is 2.11. The minimum Gasteiger partial charge on any atom is -0.471 e. The lowest BCUT2D eigenvalue weighted by Crippen LogP contribution is -2.24. The molecule has 0 fully saturated rings. The van der Waals surface area contributed by atoms with Crippen LogP contribution in [-0.2, 0) is 20.3 Å². The number of carbonyl (C=O) groups is 1. The van der Waals surface area contributed by atoms with E-state index in [2.05, 4.69) is 27.6 Å². The highest BCUT2D eigenvalue weighted by Crippen LogP contribution is 2.22. The quantitative estimate of drug-likeness (QED) is 0.514. The molecule has 2 aromatic carbocycles. The van der Waals surface area contributed by atoms with Gasteiger partial charge in [0.1, 0.15) is 11.4 Å². The van der Waals surface area contributed by atoms with Crippen LogP contribution >= 0.6 is 0 Å². The molecule has 4 aromatic rings. The summed E-state index contributed by atoms with van der Waals surface area (Å²) in [6, 6.07) is 21.7. The molecular formula is C23H23N5O2. The summed E-state index contributed by atoms with van der Waals surface area (Å²) < 4.78 is 9.13. The Bertz CT molecular complexity index is 1130. The van der Waals surface area contributed by atoms with Crippen LogP contribution < -0.4 is 10.1 Å². The van der Waals surface area contributed by atoms with Crippen molar-refractivity contribution in [1.29, 1.82) is 0 Å². The second kappa shape index (κ2) is 8.65. The fraction of sp³-hybridized carbons (Fsp3) is 0.174. The van der Waals surface area contributed by atoms with Crippen LogP contribution in [0.5, 0.6) is 5.75 Å². The molecule has 152 valence electrons. The summed E-state index contributed by atoms with van der Waals surface area (Å²) in [4.78, 5) is 12.3. The summed E-state index contributed by atoms with van der Waals surface area (Å²) >= 11 is 0. The number of benzene rings is 2. The van der Waals surface area contributed by atoms with Gasteiger partial charge in [0.05, 0.1) is 17.9 Å². The predicted molar refractivity (Wildman–Crippen MR) is 114 cm³/mol. The molecule has 30 heavy (non-hydrogen) atoms. The third-order valence-electron chi connectivity index (χ3n) is 4.73. The van der Waals surface area contributed by atoms with Gasteiger partial charge < -0.3 is 10.1 Å². The van der Waals surface area contributed by atoms with Gasteiger partial charge in [-0.25, -0.2) is 4.68 Å². The molecule has 0 aliphatic carbocycles. The third kappa shape index (κ3) is 4.57. The van der Waals surface area contributed by atoms with Crippen molar-refractivity contribution in [2.45, 2.75) is 20.2 Å². The van der Waals surface area contributed by atoms with Crippen molar-refractivity contribution in [2.75, 3.05) is 0 Å². The Morgan fingerprint density at radius 3 is 2.43 bits per heavy atom. The zero-order valence-electron chi connectivity index (χ0n) is 16.9. The van der Waals surface area contributed by atoms with E-state index in [9.17, 15) is 4.79 Å². The molecule has 0 saturated heterocycles. The topological polar surface area (TPSA) is 74.0 Å². The number of aryl methyl sites for hydroxylation is 2. The Labute approximate surface area is 174 Å². The minimum absolute atomic E-state index is 0.221. The van der Waals surface area contributed by atoms with Crippen molar-refractivity contribution >= 4 is 5.91 Å². The fourth-order valence-corrected chi connectivity index (χ4v) is 3.16. The molecule has 2 aromatic heterocycles. The molecule has 0 aliphatic heterocycles. The van der Waals surface area contributed by atoms with Crippen LogP contribution in [-0.4, -0.2) is 25.5 Å². The fourth-order valence-electron chi connectivity index (χ4n) is 3.16. The van der Waals surface area contributed by atoms with E-state index in [0.29, 0.717) is 12.2 Å². The average molecular weight is 401 g/mol. The first kappa shape index (κ1) is 19.4. The molecule has 1 amide bonds. The first-order valence-corrected chi connectivity index (χ1v) is 9.68. The van der Waals surface area contributed by atoms with Crippen molar-refractivity contribution in [3.8, 4) is 16.9 Å². The standard InChI is InChI=1S/C23H23N5O2/c1-17-14-20(27(2)25-17)15-24-23(29)22-12-13-28(26-22)16-30-21-10-8-19(9-11-21)18-6-4-3-5-7-18/h3-14H,15-16H2,1-2H3,(H,24,29). The van der Waals surface area contributed by atoms with Crippen LogP contribution in [0.2, 0.25) is 0 Å². The minimum atomic E-state index is -0.236. The summed E-state index contributed by atoms with van der Waals surface area (Å²) in [7, 11) is 1.85. The van der Waals surface area contributed by atoms with Gasteiger partial charge in [0.15, 0.2) is 6.73 Å². The number of rotatable bonds is 7. The lowest BCUT2D eigenvalue weighted by atomic mass is 10.1. The SMILES string of the molecule is Cc1cc(CNC(=O)c2ccn(COc3ccc(-c4ccccc4)cc3)n2)n(C)n1. The normalized spacial score (nSPS) is 10.7. The number of carbonyl (C=O) groups excluding carboxylic acids is 1. The molecule has 0 spiro atoms. The Kier molecular flexibility index (Phi) is 5.61. The van der Waals surface area contributed by atoms with E-state index < -0.39 is 0 Å². The van der Waals surface area contributed by atoms with Gasteiger partial charge in [-0.2, -0.15) is 10.2 Å². The zero-order chi connectivity index (χ0) is 20.9. The molecule has 0 aliphatic rings. The van der Waals surface area contributed by atoms with Crippen molar-refractivity contribution in [3.05, 3.63) is 90.0 Å². The van der Waals surface area contributed by atoms with Crippen molar-refractivity contribution in [3.63, 3.8) is 0 Å². The van der Waals surface area contributed by atoms with E-state index >= 15 is 0 Å². The predicted octanol–water partition coefficient (Wildman–Crippen LogP) is 3.56. The molecule has 7 heteroatoms. The van der Waals surface area contributed by atoms with Crippen LogP contribution in [0.3, 0.4) is 0 Å². The first-order valence-electron chi connectivity index (χ1n) is 9.68. The molecular weight excluding hydrogens is 378 g/mol. The summed E-state index contributed by atoms with van der Waals surface area (Å²) in [6.45, 7) is 2.54.